The van der Waals surface area contributed by atoms with Crippen molar-refractivity contribution >= 4 is 28.3 Å². The molecule has 2 aromatic carbocycles. The number of fused-ring (bicyclic) bond motifs is 1. The molecule has 0 radical (unpaired) electrons. The summed E-state index contributed by atoms with van der Waals surface area (Å²) in [7, 11) is 0. The predicted molar refractivity (Wildman–Crippen MR) is 83.3 cm³/mol. The first kappa shape index (κ1) is 14.3. The molecule has 0 saturated carbocycles. The zero-order valence-corrected chi connectivity index (χ0v) is 12.4. The zero-order valence-electron chi connectivity index (χ0n) is 11.7. The molecule has 1 atom stereocenters. The molecule has 1 heterocycles. The van der Waals surface area contributed by atoms with Gasteiger partial charge in [-0.3, -0.25) is 4.79 Å². The summed E-state index contributed by atoms with van der Waals surface area (Å²) in [5.41, 5.74) is 0.582. The first-order valence-electron chi connectivity index (χ1n) is 7.23. The third kappa shape index (κ3) is 2.75. The van der Waals surface area contributed by atoms with E-state index < -0.39 is 0 Å². The third-order valence-corrected chi connectivity index (χ3v) is 4.41. The fourth-order valence-electron chi connectivity index (χ4n) is 3.03. The third-order valence-electron chi connectivity index (χ3n) is 4.19. The highest BCUT2D eigenvalue weighted by Crippen LogP contribution is 2.26. The SMILES string of the molecule is O=C(c1ccc(F)c2ccccc12)N1CCC(CCCl)C1. The molecule has 4 heteroatoms. The van der Waals surface area contributed by atoms with Crippen molar-refractivity contribution in [1.82, 2.24) is 4.90 Å². The van der Waals surface area contributed by atoms with Crippen molar-refractivity contribution in [2.75, 3.05) is 19.0 Å². The summed E-state index contributed by atoms with van der Waals surface area (Å²) in [4.78, 5) is 14.6. The molecule has 21 heavy (non-hydrogen) atoms. The monoisotopic (exact) mass is 305 g/mol. The molecule has 1 aliphatic heterocycles. The molecule has 0 spiro atoms. The lowest BCUT2D eigenvalue weighted by atomic mass is 10.0. The van der Waals surface area contributed by atoms with Gasteiger partial charge in [0.2, 0.25) is 0 Å². The Hall–Kier alpha value is -1.61. The molecule has 0 bridgehead atoms. The van der Waals surface area contributed by atoms with Gasteiger partial charge in [-0.25, -0.2) is 4.39 Å². The number of amides is 1. The Kier molecular flexibility index (Phi) is 4.11. The average molecular weight is 306 g/mol. The van der Waals surface area contributed by atoms with E-state index in [1.165, 1.54) is 6.07 Å². The molecule has 2 aromatic rings. The number of carbonyl (C=O) groups excluding carboxylic acids is 1. The van der Waals surface area contributed by atoms with Crippen LogP contribution in [0.4, 0.5) is 4.39 Å². The standard InChI is InChI=1S/C17H17ClFNO/c18-9-7-12-8-10-20(11-12)17(21)15-5-6-16(19)14-4-2-1-3-13(14)15/h1-6,12H,7-11H2. The second kappa shape index (κ2) is 6.02. The number of rotatable bonds is 3. The molecule has 0 aromatic heterocycles. The Morgan fingerprint density at radius 3 is 2.76 bits per heavy atom. The van der Waals surface area contributed by atoms with Crippen LogP contribution in [0.1, 0.15) is 23.2 Å². The van der Waals surface area contributed by atoms with Crippen molar-refractivity contribution in [2.24, 2.45) is 5.92 Å². The normalized spacial score (nSPS) is 18.4. The van der Waals surface area contributed by atoms with E-state index in [0.717, 1.165) is 25.9 Å². The summed E-state index contributed by atoms with van der Waals surface area (Å²) < 4.78 is 13.8. The summed E-state index contributed by atoms with van der Waals surface area (Å²) in [6.07, 6.45) is 1.94. The van der Waals surface area contributed by atoms with Crippen LogP contribution in [0.15, 0.2) is 36.4 Å². The smallest absolute Gasteiger partial charge is 0.254 e. The van der Waals surface area contributed by atoms with Gasteiger partial charge >= 0.3 is 0 Å². The molecular formula is C17H17ClFNO. The van der Waals surface area contributed by atoms with Gasteiger partial charge in [0.25, 0.3) is 5.91 Å². The summed E-state index contributed by atoms with van der Waals surface area (Å²) in [5.74, 6) is 0.816. The van der Waals surface area contributed by atoms with Crippen molar-refractivity contribution in [1.29, 1.82) is 0 Å². The molecule has 1 saturated heterocycles. The molecule has 1 fully saturated rings. The van der Waals surface area contributed by atoms with Crippen LogP contribution in [0.25, 0.3) is 10.8 Å². The van der Waals surface area contributed by atoms with Crippen molar-refractivity contribution in [3.8, 4) is 0 Å². The van der Waals surface area contributed by atoms with Crippen LogP contribution >= 0.6 is 11.6 Å². The Balaban J connectivity index is 1.91. The van der Waals surface area contributed by atoms with Crippen molar-refractivity contribution in [3.63, 3.8) is 0 Å². The summed E-state index contributed by atoms with van der Waals surface area (Å²) in [5, 5.41) is 1.18. The number of hydrogen-bond acceptors (Lipinski definition) is 1. The van der Waals surface area contributed by atoms with E-state index in [1.807, 2.05) is 11.0 Å². The Morgan fingerprint density at radius 1 is 1.24 bits per heavy atom. The van der Waals surface area contributed by atoms with E-state index in [2.05, 4.69) is 0 Å². The van der Waals surface area contributed by atoms with E-state index in [0.29, 0.717) is 28.1 Å². The Labute approximate surface area is 128 Å². The highest BCUT2D eigenvalue weighted by Gasteiger charge is 2.27. The Bertz CT molecular complexity index is 673. The molecule has 2 nitrogen and oxygen atoms in total. The first-order chi connectivity index (χ1) is 10.2. The second-order valence-corrected chi connectivity index (χ2v) is 5.90. The molecule has 0 N–H and O–H groups in total. The number of likely N-dealkylation sites (tertiary alicyclic amines) is 1. The number of alkyl halides is 1. The lowest BCUT2D eigenvalue weighted by Crippen LogP contribution is -2.29. The minimum absolute atomic E-state index is 0.0109. The largest absolute Gasteiger partial charge is 0.338 e. The van der Waals surface area contributed by atoms with Crippen LogP contribution in [0.5, 0.6) is 0 Å². The van der Waals surface area contributed by atoms with E-state index in [9.17, 15) is 9.18 Å². The van der Waals surface area contributed by atoms with Gasteiger partial charge < -0.3 is 4.90 Å². The quantitative estimate of drug-likeness (QED) is 0.783. The van der Waals surface area contributed by atoms with Crippen molar-refractivity contribution < 1.29 is 9.18 Å². The van der Waals surface area contributed by atoms with Gasteiger partial charge in [-0.05, 0) is 36.3 Å². The minimum atomic E-state index is -0.288. The number of hydrogen-bond donors (Lipinski definition) is 0. The van der Waals surface area contributed by atoms with Gasteiger partial charge in [-0.2, -0.15) is 0 Å². The van der Waals surface area contributed by atoms with Crippen LogP contribution in [-0.4, -0.2) is 29.8 Å². The van der Waals surface area contributed by atoms with Crippen LogP contribution < -0.4 is 0 Å². The van der Waals surface area contributed by atoms with Crippen LogP contribution in [0.3, 0.4) is 0 Å². The summed E-state index contributed by atoms with van der Waals surface area (Å²) in [6.45, 7) is 1.50. The molecule has 1 unspecified atom stereocenters. The molecule has 0 aliphatic carbocycles. The van der Waals surface area contributed by atoms with E-state index >= 15 is 0 Å². The molecule has 1 aliphatic rings. The van der Waals surface area contributed by atoms with Crippen LogP contribution in [-0.2, 0) is 0 Å². The van der Waals surface area contributed by atoms with Gasteiger partial charge in [-0.1, -0.05) is 24.3 Å². The Morgan fingerprint density at radius 2 is 2.00 bits per heavy atom. The van der Waals surface area contributed by atoms with Crippen molar-refractivity contribution in [2.45, 2.75) is 12.8 Å². The van der Waals surface area contributed by atoms with E-state index in [-0.39, 0.29) is 11.7 Å². The van der Waals surface area contributed by atoms with Gasteiger partial charge in [0.15, 0.2) is 0 Å². The van der Waals surface area contributed by atoms with E-state index in [4.69, 9.17) is 11.6 Å². The van der Waals surface area contributed by atoms with Gasteiger partial charge in [-0.15, -0.1) is 11.6 Å². The summed E-state index contributed by atoms with van der Waals surface area (Å²) in [6, 6.07) is 10.1. The maximum atomic E-state index is 13.8. The molecule has 110 valence electrons. The molecule has 1 amide bonds. The number of benzene rings is 2. The van der Waals surface area contributed by atoms with Gasteiger partial charge in [0, 0.05) is 29.9 Å². The van der Waals surface area contributed by atoms with Crippen molar-refractivity contribution in [3.05, 3.63) is 47.8 Å². The fourth-order valence-corrected chi connectivity index (χ4v) is 3.33. The summed E-state index contributed by atoms with van der Waals surface area (Å²) >= 11 is 5.78. The fraction of sp³-hybridized carbons (Fsp3) is 0.353. The van der Waals surface area contributed by atoms with Gasteiger partial charge in [0.05, 0.1) is 0 Å². The number of halogens is 2. The first-order valence-corrected chi connectivity index (χ1v) is 7.76. The second-order valence-electron chi connectivity index (χ2n) is 5.52. The maximum Gasteiger partial charge on any atom is 0.254 e. The van der Waals surface area contributed by atoms with Crippen LogP contribution in [0.2, 0.25) is 0 Å². The number of carbonyl (C=O) groups is 1. The highest BCUT2D eigenvalue weighted by molar-refractivity contribution is 6.17. The lowest BCUT2D eigenvalue weighted by Gasteiger charge is -2.18. The lowest BCUT2D eigenvalue weighted by molar-refractivity contribution is 0.0789. The van der Waals surface area contributed by atoms with Gasteiger partial charge in [0.1, 0.15) is 5.82 Å². The maximum absolute atomic E-state index is 13.8. The van der Waals surface area contributed by atoms with E-state index in [1.54, 1.807) is 24.3 Å². The topological polar surface area (TPSA) is 20.3 Å². The zero-order chi connectivity index (χ0) is 14.8. The number of nitrogens with zero attached hydrogens (tertiary/aromatic N) is 1. The molecular weight excluding hydrogens is 289 g/mol. The molecule has 3 rings (SSSR count). The predicted octanol–water partition coefficient (Wildman–Crippen LogP) is 4.07. The minimum Gasteiger partial charge on any atom is -0.338 e. The van der Waals surface area contributed by atoms with Crippen LogP contribution in [0, 0.1) is 11.7 Å². The average Bonchev–Trinajstić information content (AvgIpc) is 2.96. The highest BCUT2D eigenvalue weighted by atomic mass is 35.5.